The zero-order valence-corrected chi connectivity index (χ0v) is 13.6. The van der Waals surface area contributed by atoms with Gasteiger partial charge in [-0.1, -0.05) is 6.92 Å². The summed E-state index contributed by atoms with van der Waals surface area (Å²) >= 11 is 1.32. The van der Waals surface area contributed by atoms with E-state index in [0.717, 1.165) is 36.4 Å². The molecular formula is C13H20N4O2S2. The van der Waals surface area contributed by atoms with Crippen LogP contribution in [0.15, 0.2) is 28.7 Å². The highest BCUT2D eigenvalue weighted by molar-refractivity contribution is 7.91. The van der Waals surface area contributed by atoms with Crippen molar-refractivity contribution in [3.8, 4) is 0 Å². The lowest BCUT2D eigenvalue weighted by molar-refractivity contribution is 0.583. The summed E-state index contributed by atoms with van der Waals surface area (Å²) in [7, 11) is -3.44. The van der Waals surface area contributed by atoms with E-state index in [1.807, 2.05) is 6.07 Å². The molecule has 3 N–H and O–H groups in total. The maximum atomic E-state index is 12.2. The number of hydrogen-bond donors (Lipinski definition) is 3. The largest absolute Gasteiger partial charge is 0.316 e. The Kier molecular flexibility index (Phi) is 5.92. The van der Waals surface area contributed by atoms with E-state index in [4.69, 9.17) is 0 Å². The number of aromatic amines is 1. The Hall–Kier alpha value is -1.22. The predicted molar refractivity (Wildman–Crippen MR) is 83.8 cm³/mol. The molecule has 0 unspecified atom stereocenters. The van der Waals surface area contributed by atoms with Crippen LogP contribution < -0.4 is 10.0 Å². The van der Waals surface area contributed by atoms with Gasteiger partial charge in [0.1, 0.15) is 4.21 Å². The maximum absolute atomic E-state index is 12.2. The lowest BCUT2D eigenvalue weighted by atomic mass is 10.3. The van der Waals surface area contributed by atoms with E-state index in [1.54, 1.807) is 18.5 Å². The molecule has 2 aromatic rings. The van der Waals surface area contributed by atoms with Gasteiger partial charge in [0, 0.05) is 23.2 Å². The quantitative estimate of drug-likeness (QED) is 0.609. The summed E-state index contributed by atoms with van der Waals surface area (Å²) in [6, 6.07) is 3.54. The smallest absolute Gasteiger partial charge is 0.250 e. The minimum Gasteiger partial charge on any atom is -0.316 e. The van der Waals surface area contributed by atoms with E-state index in [2.05, 4.69) is 27.2 Å². The van der Waals surface area contributed by atoms with Gasteiger partial charge in [-0.2, -0.15) is 5.10 Å². The van der Waals surface area contributed by atoms with Crippen LogP contribution >= 0.6 is 11.3 Å². The Morgan fingerprint density at radius 1 is 1.33 bits per heavy atom. The number of rotatable bonds is 9. The normalized spacial score (nSPS) is 11.9. The highest BCUT2D eigenvalue weighted by Crippen LogP contribution is 2.21. The molecule has 2 rings (SSSR count). The molecule has 6 nitrogen and oxygen atoms in total. The first-order chi connectivity index (χ1) is 10.1. The van der Waals surface area contributed by atoms with Gasteiger partial charge in [-0.25, -0.2) is 13.1 Å². The van der Waals surface area contributed by atoms with E-state index in [0.29, 0.717) is 4.21 Å². The second kappa shape index (κ2) is 7.69. The lowest BCUT2D eigenvalue weighted by Gasteiger charge is -2.03. The van der Waals surface area contributed by atoms with Gasteiger partial charge in [-0.15, -0.1) is 11.3 Å². The minimum atomic E-state index is -3.44. The van der Waals surface area contributed by atoms with Crippen LogP contribution in [-0.2, 0) is 23.0 Å². The first kappa shape index (κ1) is 16.2. The lowest BCUT2D eigenvalue weighted by Crippen LogP contribution is -2.22. The molecule has 0 radical (unpaired) electrons. The van der Waals surface area contributed by atoms with Crippen LogP contribution in [0, 0.1) is 0 Å². The zero-order chi connectivity index (χ0) is 15.1. The third-order valence-corrected chi connectivity index (χ3v) is 5.94. The number of H-pyrrole nitrogens is 1. The fourth-order valence-electron chi connectivity index (χ4n) is 1.77. The number of aromatic nitrogens is 2. The van der Waals surface area contributed by atoms with Crippen molar-refractivity contribution in [3.05, 3.63) is 35.0 Å². The van der Waals surface area contributed by atoms with Crippen molar-refractivity contribution < 1.29 is 8.42 Å². The first-order valence-electron chi connectivity index (χ1n) is 6.88. The summed E-state index contributed by atoms with van der Waals surface area (Å²) in [5.74, 6) is 0. The summed E-state index contributed by atoms with van der Waals surface area (Å²) in [6.07, 6.45) is 5.22. The first-order valence-corrected chi connectivity index (χ1v) is 9.18. The summed E-state index contributed by atoms with van der Waals surface area (Å²) in [5, 5.41) is 9.74. The topological polar surface area (TPSA) is 86.9 Å². The molecule has 21 heavy (non-hydrogen) atoms. The molecule has 2 aromatic heterocycles. The van der Waals surface area contributed by atoms with E-state index in [9.17, 15) is 8.42 Å². The SMILES string of the molecule is CCCNCCc1ccc(S(=O)(=O)NCc2cn[nH]c2)s1. The standard InChI is InChI=1S/C13H20N4O2S2/c1-2-6-14-7-5-12-3-4-13(20-12)21(18,19)17-10-11-8-15-16-9-11/h3-4,8-9,14,17H,2,5-7,10H2,1H3,(H,15,16). The Labute approximate surface area is 129 Å². The van der Waals surface area contributed by atoms with Crippen molar-refractivity contribution in [2.75, 3.05) is 13.1 Å². The van der Waals surface area contributed by atoms with E-state index in [-0.39, 0.29) is 6.54 Å². The Morgan fingerprint density at radius 3 is 2.90 bits per heavy atom. The average molecular weight is 328 g/mol. The number of sulfonamides is 1. The second-order valence-electron chi connectivity index (χ2n) is 4.65. The Bertz CT molecular complexity index is 635. The summed E-state index contributed by atoms with van der Waals surface area (Å²) in [4.78, 5) is 1.07. The number of nitrogens with zero attached hydrogens (tertiary/aromatic N) is 1. The van der Waals surface area contributed by atoms with Crippen molar-refractivity contribution in [1.82, 2.24) is 20.2 Å². The Morgan fingerprint density at radius 2 is 2.19 bits per heavy atom. The van der Waals surface area contributed by atoms with Crippen molar-refractivity contribution >= 4 is 21.4 Å². The van der Waals surface area contributed by atoms with Gasteiger partial charge in [-0.05, 0) is 38.1 Å². The highest BCUT2D eigenvalue weighted by Gasteiger charge is 2.16. The molecule has 0 atom stereocenters. The van der Waals surface area contributed by atoms with Gasteiger partial charge in [-0.3, -0.25) is 5.10 Å². The van der Waals surface area contributed by atoms with E-state index in [1.165, 1.54) is 11.3 Å². The predicted octanol–water partition coefficient (Wildman–Crippen LogP) is 1.49. The van der Waals surface area contributed by atoms with Gasteiger partial charge in [0.25, 0.3) is 0 Å². The maximum Gasteiger partial charge on any atom is 0.250 e. The molecule has 0 saturated carbocycles. The van der Waals surface area contributed by atoms with Crippen molar-refractivity contribution in [2.24, 2.45) is 0 Å². The van der Waals surface area contributed by atoms with Crippen LogP contribution in [0.4, 0.5) is 0 Å². The summed E-state index contributed by atoms with van der Waals surface area (Å²) in [5.41, 5.74) is 0.805. The van der Waals surface area contributed by atoms with Crippen molar-refractivity contribution in [2.45, 2.75) is 30.5 Å². The minimum absolute atomic E-state index is 0.240. The zero-order valence-electron chi connectivity index (χ0n) is 11.9. The molecule has 0 amide bonds. The Balaban J connectivity index is 1.89. The molecule has 116 valence electrons. The molecule has 0 spiro atoms. The van der Waals surface area contributed by atoms with Gasteiger partial charge in [0.05, 0.1) is 6.20 Å². The second-order valence-corrected chi connectivity index (χ2v) is 7.81. The monoisotopic (exact) mass is 328 g/mol. The summed E-state index contributed by atoms with van der Waals surface area (Å²) < 4.78 is 27.3. The fourth-order valence-corrected chi connectivity index (χ4v) is 4.19. The van der Waals surface area contributed by atoms with Crippen LogP contribution in [0.1, 0.15) is 23.8 Å². The average Bonchev–Trinajstić information content (AvgIpc) is 3.13. The molecule has 0 aliphatic rings. The fraction of sp³-hybridized carbons (Fsp3) is 0.462. The van der Waals surface area contributed by atoms with Crippen LogP contribution in [0.2, 0.25) is 0 Å². The number of hydrogen-bond acceptors (Lipinski definition) is 5. The van der Waals surface area contributed by atoms with E-state index < -0.39 is 10.0 Å². The molecule has 0 bridgehead atoms. The van der Waals surface area contributed by atoms with Crippen LogP contribution in [0.3, 0.4) is 0 Å². The molecule has 0 aliphatic carbocycles. The van der Waals surface area contributed by atoms with Crippen LogP contribution in [0.25, 0.3) is 0 Å². The number of thiophene rings is 1. The highest BCUT2D eigenvalue weighted by atomic mass is 32.2. The molecule has 0 aliphatic heterocycles. The van der Waals surface area contributed by atoms with Crippen LogP contribution in [0.5, 0.6) is 0 Å². The molecule has 0 fully saturated rings. The van der Waals surface area contributed by atoms with Gasteiger partial charge >= 0.3 is 0 Å². The van der Waals surface area contributed by atoms with Crippen molar-refractivity contribution in [1.29, 1.82) is 0 Å². The number of nitrogens with one attached hydrogen (secondary N) is 3. The molecule has 8 heteroatoms. The third kappa shape index (κ3) is 4.92. The van der Waals surface area contributed by atoms with Crippen molar-refractivity contribution in [3.63, 3.8) is 0 Å². The van der Waals surface area contributed by atoms with Gasteiger partial charge in [0.15, 0.2) is 0 Å². The molecule has 0 aromatic carbocycles. The summed E-state index contributed by atoms with van der Waals surface area (Å²) in [6.45, 7) is 4.22. The third-order valence-electron chi connectivity index (χ3n) is 2.90. The van der Waals surface area contributed by atoms with E-state index >= 15 is 0 Å². The van der Waals surface area contributed by atoms with Crippen LogP contribution in [-0.4, -0.2) is 31.7 Å². The molecular weight excluding hydrogens is 308 g/mol. The van der Waals surface area contributed by atoms with Gasteiger partial charge in [0.2, 0.25) is 10.0 Å². The molecule has 2 heterocycles. The van der Waals surface area contributed by atoms with Gasteiger partial charge < -0.3 is 5.32 Å². The molecule has 0 saturated heterocycles.